The summed E-state index contributed by atoms with van der Waals surface area (Å²) in [6, 6.07) is 7.92. The summed E-state index contributed by atoms with van der Waals surface area (Å²) in [6.45, 7) is 3.92. The quantitative estimate of drug-likeness (QED) is 0.774. The van der Waals surface area contributed by atoms with Crippen LogP contribution < -0.4 is 10.5 Å². The van der Waals surface area contributed by atoms with Gasteiger partial charge in [-0.2, -0.15) is 5.10 Å². The van der Waals surface area contributed by atoms with E-state index in [-0.39, 0.29) is 0 Å². The van der Waals surface area contributed by atoms with Crippen LogP contribution in [0.15, 0.2) is 36.7 Å². The molecule has 0 radical (unpaired) electrons. The number of H-pyrrole nitrogens is 1. The summed E-state index contributed by atoms with van der Waals surface area (Å²) in [5.41, 5.74) is 9.41. The van der Waals surface area contributed by atoms with Crippen molar-refractivity contribution in [3.05, 3.63) is 42.2 Å². The highest BCUT2D eigenvalue weighted by Gasteiger charge is 2.16. The lowest BCUT2D eigenvalue weighted by Gasteiger charge is -2.19. The maximum absolute atomic E-state index is 6.09. The Labute approximate surface area is 123 Å². The number of methoxy groups -OCH3 is 1. The summed E-state index contributed by atoms with van der Waals surface area (Å²) in [6.07, 6.45) is 3.57. The molecular weight excluding hydrogens is 264 g/mol. The molecule has 3 N–H and O–H groups in total. The fourth-order valence-electron chi connectivity index (χ4n) is 2.35. The summed E-state index contributed by atoms with van der Waals surface area (Å²) in [5.74, 6) is 0.772. The second kappa shape index (κ2) is 4.86. The smallest absolute Gasteiger partial charge is 0.139 e. The molecule has 0 fully saturated rings. The van der Waals surface area contributed by atoms with E-state index >= 15 is 0 Å². The van der Waals surface area contributed by atoms with E-state index in [0.717, 1.165) is 33.5 Å². The van der Waals surface area contributed by atoms with Crippen LogP contribution >= 0.6 is 0 Å². The Kier molecular flexibility index (Phi) is 3.14. The van der Waals surface area contributed by atoms with Crippen molar-refractivity contribution in [3.63, 3.8) is 0 Å². The van der Waals surface area contributed by atoms with Gasteiger partial charge in [-0.25, -0.2) is 0 Å². The molecule has 0 bridgehead atoms. The zero-order valence-electron chi connectivity index (χ0n) is 12.3. The summed E-state index contributed by atoms with van der Waals surface area (Å²) < 4.78 is 5.54. The van der Waals surface area contributed by atoms with Crippen LogP contribution in [-0.4, -0.2) is 22.3 Å². The fourth-order valence-corrected chi connectivity index (χ4v) is 2.35. The third-order valence-corrected chi connectivity index (χ3v) is 3.56. The number of ether oxygens (including phenoxy) is 1. The average Bonchev–Trinajstić information content (AvgIpc) is 2.94. The summed E-state index contributed by atoms with van der Waals surface area (Å²) in [4.78, 5) is 4.52. The van der Waals surface area contributed by atoms with E-state index in [4.69, 9.17) is 10.5 Å². The van der Waals surface area contributed by atoms with Gasteiger partial charge in [0.1, 0.15) is 5.75 Å². The number of benzene rings is 1. The van der Waals surface area contributed by atoms with Gasteiger partial charge >= 0.3 is 0 Å². The fraction of sp³-hybridized carbons (Fsp3) is 0.250. The Hall–Kier alpha value is -2.40. The van der Waals surface area contributed by atoms with E-state index in [0.29, 0.717) is 0 Å². The van der Waals surface area contributed by atoms with Crippen molar-refractivity contribution in [2.75, 3.05) is 7.11 Å². The number of pyridine rings is 1. The zero-order chi connectivity index (χ0) is 15.0. The molecule has 0 atom stereocenters. The molecule has 0 saturated heterocycles. The van der Waals surface area contributed by atoms with Crippen molar-refractivity contribution in [2.45, 2.75) is 19.4 Å². The molecule has 0 aliphatic heterocycles. The first kappa shape index (κ1) is 13.6. The van der Waals surface area contributed by atoms with Crippen molar-refractivity contribution in [3.8, 4) is 17.0 Å². The Morgan fingerprint density at radius 2 is 1.95 bits per heavy atom. The van der Waals surface area contributed by atoms with E-state index in [1.54, 1.807) is 13.3 Å². The average molecular weight is 282 g/mol. The number of nitrogens with one attached hydrogen (secondary N) is 1. The van der Waals surface area contributed by atoms with Crippen LogP contribution in [0.4, 0.5) is 0 Å². The van der Waals surface area contributed by atoms with Crippen LogP contribution in [0.3, 0.4) is 0 Å². The minimum atomic E-state index is -0.399. The highest BCUT2D eigenvalue weighted by molar-refractivity contribution is 5.92. The van der Waals surface area contributed by atoms with Gasteiger partial charge in [0.05, 0.1) is 29.9 Å². The second-order valence-corrected chi connectivity index (χ2v) is 5.63. The first-order valence-corrected chi connectivity index (χ1v) is 6.76. The number of fused-ring (bicyclic) bond motifs is 1. The number of nitrogens with zero attached hydrogens (tertiary/aromatic N) is 2. The number of hydrogen-bond donors (Lipinski definition) is 2. The highest BCUT2D eigenvalue weighted by Crippen LogP contribution is 2.35. The van der Waals surface area contributed by atoms with Crippen molar-refractivity contribution < 1.29 is 4.74 Å². The Balaban J connectivity index is 2.11. The molecule has 5 heteroatoms. The molecule has 0 saturated carbocycles. The van der Waals surface area contributed by atoms with Gasteiger partial charge in [-0.1, -0.05) is 6.07 Å². The molecular formula is C16H18N4O. The maximum atomic E-state index is 6.09. The number of nitrogens with two attached hydrogens (primary N) is 1. The topological polar surface area (TPSA) is 76.8 Å². The maximum Gasteiger partial charge on any atom is 0.139 e. The van der Waals surface area contributed by atoms with Crippen molar-refractivity contribution >= 4 is 10.9 Å². The number of aromatic nitrogens is 3. The molecule has 108 valence electrons. The number of hydrogen-bond acceptors (Lipinski definition) is 4. The van der Waals surface area contributed by atoms with Gasteiger partial charge in [0.15, 0.2) is 0 Å². The van der Waals surface area contributed by atoms with Crippen LogP contribution in [0, 0.1) is 0 Å². The van der Waals surface area contributed by atoms with Gasteiger partial charge in [0.25, 0.3) is 0 Å². The normalized spacial score (nSPS) is 11.8. The van der Waals surface area contributed by atoms with E-state index in [9.17, 15) is 0 Å². The molecule has 0 spiro atoms. The van der Waals surface area contributed by atoms with E-state index in [1.807, 2.05) is 44.3 Å². The SMILES string of the molecule is COc1c(-c2ccc(C(C)(C)N)cn2)ccc2[nH]ncc12. The van der Waals surface area contributed by atoms with Crippen LogP contribution in [0.5, 0.6) is 5.75 Å². The van der Waals surface area contributed by atoms with Crippen LogP contribution in [0.25, 0.3) is 22.2 Å². The first-order valence-electron chi connectivity index (χ1n) is 6.76. The number of aromatic amines is 1. The van der Waals surface area contributed by atoms with Gasteiger partial charge in [-0.3, -0.25) is 10.1 Å². The Morgan fingerprint density at radius 1 is 1.14 bits per heavy atom. The highest BCUT2D eigenvalue weighted by atomic mass is 16.5. The predicted octanol–water partition coefficient (Wildman–Crippen LogP) is 2.83. The minimum Gasteiger partial charge on any atom is -0.495 e. The lowest BCUT2D eigenvalue weighted by atomic mass is 9.96. The lowest BCUT2D eigenvalue weighted by Crippen LogP contribution is -2.28. The van der Waals surface area contributed by atoms with Crippen LogP contribution in [0.2, 0.25) is 0 Å². The summed E-state index contributed by atoms with van der Waals surface area (Å²) in [5, 5.41) is 7.93. The molecule has 2 aromatic heterocycles. The molecule has 1 aromatic carbocycles. The van der Waals surface area contributed by atoms with E-state index in [2.05, 4.69) is 15.2 Å². The van der Waals surface area contributed by atoms with Crippen LogP contribution in [-0.2, 0) is 5.54 Å². The van der Waals surface area contributed by atoms with Gasteiger partial charge < -0.3 is 10.5 Å². The van der Waals surface area contributed by atoms with E-state index < -0.39 is 5.54 Å². The van der Waals surface area contributed by atoms with Gasteiger partial charge in [0.2, 0.25) is 0 Å². The molecule has 21 heavy (non-hydrogen) atoms. The van der Waals surface area contributed by atoms with Gasteiger partial charge in [-0.05, 0) is 37.6 Å². The second-order valence-electron chi connectivity index (χ2n) is 5.63. The third kappa shape index (κ3) is 2.36. The molecule has 0 aliphatic rings. The molecule has 5 nitrogen and oxygen atoms in total. The predicted molar refractivity (Wildman–Crippen MR) is 83.1 cm³/mol. The zero-order valence-corrected chi connectivity index (χ0v) is 12.3. The Morgan fingerprint density at radius 3 is 2.57 bits per heavy atom. The third-order valence-electron chi connectivity index (χ3n) is 3.56. The monoisotopic (exact) mass is 282 g/mol. The Bertz CT molecular complexity index is 769. The molecule has 3 rings (SSSR count). The minimum absolute atomic E-state index is 0.399. The van der Waals surface area contributed by atoms with Gasteiger partial charge in [-0.15, -0.1) is 0 Å². The van der Waals surface area contributed by atoms with Crippen LogP contribution in [0.1, 0.15) is 19.4 Å². The molecule has 0 unspecified atom stereocenters. The molecule has 0 aliphatic carbocycles. The molecule has 2 heterocycles. The standard InChI is InChI=1S/C16H18N4O/c1-16(2,17)10-4-6-13(18-8-10)11-5-7-14-12(9-19-20-14)15(11)21-3/h4-9H,17H2,1-3H3,(H,19,20). The summed E-state index contributed by atoms with van der Waals surface area (Å²) >= 11 is 0. The summed E-state index contributed by atoms with van der Waals surface area (Å²) in [7, 11) is 1.66. The van der Waals surface area contributed by atoms with Crippen molar-refractivity contribution in [1.29, 1.82) is 0 Å². The first-order chi connectivity index (χ1) is 10.0. The largest absolute Gasteiger partial charge is 0.495 e. The van der Waals surface area contributed by atoms with Crippen molar-refractivity contribution in [1.82, 2.24) is 15.2 Å². The van der Waals surface area contributed by atoms with Crippen molar-refractivity contribution in [2.24, 2.45) is 5.73 Å². The van der Waals surface area contributed by atoms with E-state index in [1.165, 1.54) is 0 Å². The number of rotatable bonds is 3. The lowest BCUT2D eigenvalue weighted by molar-refractivity contribution is 0.421. The molecule has 0 amide bonds. The van der Waals surface area contributed by atoms with Gasteiger partial charge in [0, 0.05) is 17.3 Å². The molecule has 3 aromatic rings.